The van der Waals surface area contributed by atoms with Gasteiger partial charge in [-0.15, -0.1) is 0 Å². The summed E-state index contributed by atoms with van der Waals surface area (Å²) in [5.74, 6) is 0.802. The molecule has 7 heteroatoms. The van der Waals surface area contributed by atoms with E-state index >= 15 is 0 Å². The van der Waals surface area contributed by atoms with Gasteiger partial charge in [0, 0.05) is 25.6 Å². The lowest BCUT2D eigenvalue weighted by Gasteiger charge is -2.34. The minimum absolute atomic E-state index is 0.0336. The molecule has 3 aliphatic rings. The van der Waals surface area contributed by atoms with Crippen LogP contribution in [0, 0.1) is 11.8 Å². The minimum Gasteiger partial charge on any atom is -0.350 e. The Bertz CT molecular complexity index is 434. The van der Waals surface area contributed by atoms with Gasteiger partial charge in [-0.25, -0.2) is 4.79 Å². The lowest BCUT2D eigenvalue weighted by atomic mass is 9.97. The predicted octanol–water partition coefficient (Wildman–Crippen LogP) is 1.09. The van der Waals surface area contributed by atoms with Crippen molar-refractivity contribution in [2.24, 2.45) is 11.8 Å². The van der Waals surface area contributed by atoms with Crippen LogP contribution in [0.5, 0.6) is 0 Å². The molecule has 2 N–H and O–H groups in total. The number of likely N-dealkylation sites (tertiary alicyclic amines) is 1. The highest BCUT2D eigenvalue weighted by atomic mass is 16.7. The van der Waals surface area contributed by atoms with Crippen molar-refractivity contribution in [1.29, 1.82) is 0 Å². The van der Waals surface area contributed by atoms with E-state index in [0.717, 1.165) is 19.4 Å². The van der Waals surface area contributed by atoms with Gasteiger partial charge in [0.2, 0.25) is 5.91 Å². The Labute approximate surface area is 143 Å². The second-order valence-electron chi connectivity index (χ2n) is 7.07. The van der Waals surface area contributed by atoms with Crippen LogP contribution in [0.2, 0.25) is 0 Å². The van der Waals surface area contributed by atoms with Gasteiger partial charge in [0.05, 0.1) is 19.8 Å². The fourth-order valence-electron chi connectivity index (χ4n) is 3.89. The number of nitrogens with one attached hydrogen (secondary N) is 2. The quantitative estimate of drug-likeness (QED) is 0.786. The first-order chi connectivity index (χ1) is 11.7. The minimum atomic E-state index is -0.244. The number of piperidine rings is 1. The fraction of sp³-hybridized carbons (Fsp3) is 0.882. The molecule has 3 fully saturated rings. The second-order valence-corrected chi connectivity index (χ2v) is 7.07. The van der Waals surface area contributed by atoms with Gasteiger partial charge >= 0.3 is 6.03 Å². The smallest absolute Gasteiger partial charge is 0.315 e. The Morgan fingerprint density at radius 3 is 2.50 bits per heavy atom. The van der Waals surface area contributed by atoms with Gasteiger partial charge < -0.3 is 25.0 Å². The maximum Gasteiger partial charge on any atom is 0.315 e. The first-order valence-corrected chi connectivity index (χ1v) is 9.25. The first-order valence-electron chi connectivity index (χ1n) is 9.25. The monoisotopic (exact) mass is 339 g/mol. The second kappa shape index (κ2) is 8.67. The van der Waals surface area contributed by atoms with E-state index in [2.05, 4.69) is 10.6 Å². The third kappa shape index (κ3) is 4.83. The number of rotatable bonds is 5. The summed E-state index contributed by atoms with van der Waals surface area (Å²) in [5, 5.41) is 5.56. The third-order valence-electron chi connectivity index (χ3n) is 5.27. The van der Waals surface area contributed by atoms with Crippen molar-refractivity contribution in [3.63, 3.8) is 0 Å². The van der Waals surface area contributed by atoms with Crippen molar-refractivity contribution in [2.45, 2.75) is 44.8 Å². The molecule has 3 amide bonds. The van der Waals surface area contributed by atoms with Crippen molar-refractivity contribution in [3.05, 3.63) is 0 Å². The molecular weight excluding hydrogens is 310 g/mol. The molecule has 1 atom stereocenters. The normalized spacial score (nSPS) is 25.8. The zero-order valence-corrected chi connectivity index (χ0v) is 14.3. The van der Waals surface area contributed by atoms with Crippen LogP contribution in [0.4, 0.5) is 4.79 Å². The number of urea groups is 1. The third-order valence-corrected chi connectivity index (χ3v) is 5.27. The highest BCUT2D eigenvalue weighted by molar-refractivity contribution is 5.84. The molecule has 2 aliphatic heterocycles. The zero-order chi connectivity index (χ0) is 16.8. The Hall–Kier alpha value is -1.34. The number of hydrogen-bond acceptors (Lipinski definition) is 4. The van der Waals surface area contributed by atoms with E-state index in [1.54, 1.807) is 0 Å². The van der Waals surface area contributed by atoms with E-state index in [9.17, 15) is 9.59 Å². The first kappa shape index (κ1) is 17.5. The highest BCUT2D eigenvalue weighted by Gasteiger charge is 2.32. The van der Waals surface area contributed by atoms with Crippen molar-refractivity contribution >= 4 is 11.9 Å². The molecule has 0 aromatic heterocycles. The van der Waals surface area contributed by atoms with Gasteiger partial charge in [0.15, 0.2) is 6.29 Å². The molecule has 7 nitrogen and oxygen atoms in total. The van der Waals surface area contributed by atoms with Gasteiger partial charge in [-0.1, -0.05) is 12.8 Å². The maximum absolute atomic E-state index is 12.3. The van der Waals surface area contributed by atoms with E-state index in [1.165, 1.54) is 25.7 Å². The van der Waals surface area contributed by atoms with E-state index in [0.29, 0.717) is 32.2 Å². The molecule has 136 valence electrons. The van der Waals surface area contributed by atoms with E-state index in [-0.39, 0.29) is 30.7 Å². The molecule has 3 rings (SSSR count). The number of ether oxygens (including phenoxy) is 2. The van der Waals surface area contributed by atoms with Crippen LogP contribution < -0.4 is 10.6 Å². The van der Waals surface area contributed by atoms with Gasteiger partial charge in [-0.2, -0.15) is 0 Å². The molecular formula is C17H29N3O4. The topological polar surface area (TPSA) is 79.9 Å². The lowest BCUT2D eigenvalue weighted by molar-refractivity contribution is -0.138. The molecule has 0 spiro atoms. The van der Waals surface area contributed by atoms with Crippen LogP contribution in [0.1, 0.15) is 38.5 Å². The number of carbonyl (C=O) groups excluding carboxylic acids is 2. The molecule has 1 saturated carbocycles. The van der Waals surface area contributed by atoms with Crippen molar-refractivity contribution in [2.75, 3.05) is 39.4 Å². The van der Waals surface area contributed by atoms with Crippen LogP contribution in [-0.2, 0) is 14.3 Å². The summed E-state index contributed by atoms with van der Waals surface area (Å²) in [4.78, 5) is 26.0. The molecule has 0 aromatic rings. The van der Waals surface area contributed by atoms with Crippen molar-refractivity contribution in [1.82, 2.24) is 15.5 Å². The molecule has 1 aliphatic carbocycles. The molecule has 1 unspecified atom stereocenters. The number of carbonyl (C=O) groups is 2. The molecule has 0 aromatic carbocycles. The SMILES string of the molecule is O=C(NCC(=O)N1CCCC(C2OCCO2)C1)NCC1CCCC1. The fourth-order valence-corrected chi connectivity index (χ4v) is 3.89. The maximum atomic E-state index is 12.3. The average molecular weight is 339 g/mol. The van der Waals surface area contributed by atoms with Crippen LogP contribution in [-0.4, -0.2) is 62.5 Å². The predicted molar refractivity (Wildman–Crippen MR) is 88.4 cm³/mol. The van der Waals surface area contributed by atoms with Crippen LogP contribution in [0.25, 0.3) is 0 Å². The number of amides is 3. The summed E-state index contributed by atoms with van der Waals surface area (Å²) in [6, 6.07) is -0.244. The Balaban J connectivity index is 1.35. The van der Waals surface area contributed by atoms with Crippen molar-refractivity contribution < 1.29 is 19.1 Å². The summed E-state index contributed by atoms with van der Waals surface area (Å²) < 4.78 is 11.1. The summed E-state index contributed by atoms with van der Waals surface area (Å²) in [6.07, 6.45) is 6.70. The Morgan fingerprint density at radius 1 is 1.00 bits per heavy atom. The van der Waals surface area contributed by atoms with Crippen LogP contribution in [0.15, 0.2) is 0 Å². The van der Waals surface area contributed by atoms with Gasteiger partial charge in [-0.3, -0.25) is 4.79 Å². The zero-order valence-electron chi connectivity index (χ0n) is 14.3. The largest absolute Gasteiger partial charge is 0.350 e. The Morgan fingerprint density at radius 2 is 1.75 bits per heavy atom. The Kier molecular flexibility index (Phi) is 6.31. The van der Waals surface area contributed by atoms with Gasteiger partial charge in [-0.05, 0) is 31.6 Å². The lowest BCUT2D eigenvalue weighted by Crippen LogP contribution is -2.49. The van der Waals surface area contributed by atoms with E-state index in [1.807, 2.05) is 4.90 Å². The molecule has 0 bridgehead atoms. The number of nitrogens with zero attached hydrogens (tertiary/aromatic N) is 1. The summed E-state index contributed by atoms with van der Waals surface area (Å²) in [5.41, 5.74) is 0. The van der Waals surface area contributed by atoms with Crippen LogP contribution in [0.3, 0.4) is 0 Å². The summed E-state index contributed by atoms with van der Waals surface area (Å²) in [7, 11) is 0. The van der Waals surface area contributed by atoms with E-state index < -0.39 is 0 Å². The average Bonchev–Trinajstić information content (AvgIpc) is 3.31. The van der Waals surface area contributed by atoms with E-state index in [4.69, 9.17) is 9.47 Å². The van der Waals surface area contributed by atoms with Crippen molar-refractivity contribution in [3.8, 4) is 0 Å². The highest BCUT2D eigenvalue weighted by Crippen LogP contribution is 2.25. The van der Waals surface area contributed by atoms with Gasteiger partial charge in [0.1, 0.15) is 0 Å². The molecule has 2 heterocycles. The standard InChI is InChI=1S/C17H29N3O4/c21-15(11-19-17(22)18-10-13-4-1-2-5-13)20-7-3-6-14(12-20)16-23-8-9-24-16/h13-14,16H,1-12H2,(H2,18,19,22). The van der Waals surface area contributed by atoms with Gasteiger partial charge in [0.25, 0.3) is 0 Å². The molecule has 2 saturated heterocycles. The summed E-state index contributed by atoms with van der Waals surface area (Å²) in [6.45, 7) is 3.43. The molecule has 0 radical (unpaired) electrons. The van der Waals surface area contributed by atoms with Crippen LogP contribution >= 0.6 is 0 Å². The number of hydrogen-bond donors (Lipinski definition) is 2. The molecule has 24 heavy (non-hydrogen) atoms. The summed E-state index contributed by atoms with van der Waals surface area (Å²) >= 11 is 0.